The zero-order valence-electron chi connectivity index (χ0n) is 13.0. The second-order valence-corrected chi connectivity index (χ2v) is 5.72. The smallest absolute Gasteiger partial charge is 0.315 e. The first-order valence-corrected chi connectivity index (χ1v) is 7.19. The van der Waals surface area contributed by atoms with E-state index in [4.69, 9.17) is 0 Å². The fourth-order valence-corrected chi connectivity index (χ4v) is 1.95. The second kappa shape index (κ2) is 7.13. The molecule has 1 aromatic carbocycles. The topological polar surface area (TPSA) is 41.1 Å². The third kappa shape index (κ3) is 4.72. The van der Waals surface area contributed by atoms with Crippen LogP contribution in [0.5, 0.6) is 0 Å². The van der Waals surface area contributed by atoms with Gasteiger partial charge < -0.3 is 10.6 Å². The van der Waals surface area contributed by atoms with E-state index in [-0.39, 0.29) is 6.03 Å². The van der Waals surface area contributed by atoms with E-state index in [1.165, 1.54) is 0 Å². The molecule has 3 nitrogen and oxygen atoms in total. The van der Waals surface area contributed by atoms with Gasteiger partial charge in [0.2, 0.25) is 0 Å². The molecule has 0 saturated heterocycles. The van der Waals surface area contributed by atoms with Gasteiger partial charge in [-0.25, -0.2) is 4.79 Å². The minimum atomic E-state index is -0.415. The molecule has 0 aliphatic rings. The summed E-state index contributed by atoms with van der Waals surface area (Å²) in [6.07, 6.45) is 2.07. The molecule has 0 spiro atoms. The fraction of sp³-hybridized carbons (Fsp3) is 0.471. The van der Waals surface area contributed by atoms with Gasteiger partial charge in [0, 0.05) is 6.54 Å². The molecule has 0 aliphatic heterocycles. The molecular weight excluding hydrogens is 248 g/mol. The number of allylic oxidation sites excluding steroid dienone is 1. The molecule has 1 rings (SSSR count). The van der Waals surface area contributed by atoms with E-state index in [9.17, 15) is 4.79 Å². The maximum atomic E-state index is 11.9. The second-order valence-electron chi connectivity index (χ2n) is 5.72. The van der Waals surface area contributed by atoms with Gasteiger partial charge in [-0.15, -0.1) is 0 Å². The minimum absolute atomic E-state index is 0.121. The van der Waals surface area contributed by atoms with Crippen LogP contribution in [0.3, 0.4) is 0 Å². The Bertz CT molecular complexity index is 478. The number of carbonyl (C=O) groups is 1. The Morgan fingerprint density at radius 3 is 2.65 bits per heavy atom. The van der Waals surface area contributed by atoms with Crippen LogP contribution in [-0.2, 0) is 5.54 Å². The fourth-order valence-electron chi connectivity index (χ4n) is 1.95. The molecule has 110 valence electrons. The molecule has 3 heteroatoms. The minimum Gasteiger partial charge on any atom is -0.338 e. The van der Waals surface area contributed by atoms with Crippen molar-refractivity contribution in [2.45, 2.75) is 46.1 Å². The number of unbranched alkanes of at least 4 members (excludes halogenated alkanes) is 1. The Morgan fingerprint density at radius 2 is 2.05 bits per heavy atom. The van der Waals surface area contributed by atoms with E-state index in [1.54, 1.807) is 0 Å². The number of carbonyl (C=O) groups excluding carboxylic acids is 1. The highest BCUT2D eigenvalue weighted by molar-refractivity contribution is 5.75. The number of rotatable bonds is 6. The van der Waals surface area contributed by atoms with E-state index in [1.807, 2.05) is 39.0 Å². The Hall–Kier alpha value is -1.77. The average Bonchev–Trinajstić information content (AvgIpc) is 2.38. The molecule has 0 unspecified atom stereocenters. The van der Waals surface area contributed by atoms with Crippen molar-refractivity contribution in [3.63, 3.8) is 0 Å². The van der Waals surface area contributed by atoms with E-state index < -0.39 is 5.54 Å². The zero-order chi connectivity index (χ0) is 15.2. The molecule has 0 aromatic heterocycles. The normalized spacial score (nSPS) is 11.0. The summed E-state index contributed by atoms with van der Waals surface area (Å²) in [7, 11) is 0. The first-order valence-electron chi connectivity index (χ1n) is 7.19. The molecule has 20 heavy (non-hydrogen) atoms. The van der Waals surface area contributed by atoms with Crippen molar-refractivity contribution in [3.05, 3.63) is 42.0 Å². The molecule has 1 aromatic rings. The van der Waals surface area contributed by atoms with Gasteiger partial charge in [-0.2, -0.15) is 0 Å². The van der Waals surface area contributed by atoms with Gasteiger partial charge in [-0.3, -0.25) is 0 Å². The highest BCUT2D eigenvalue weighted by atomic mass is 16.2. The van der Waals surface area contributed by atoms with Crippen LogP contribution < -0.4 is 10.6 Å². The SMILES string of the molecule is C=C(C)c1cccc(C(C)(C)NC(=O)NCCCC)c1. The lowest BCUT2D eigenvalue weighted by Crippen LogP contribution is -2.46. The van der Waals surface area contributed by atoms with Gasteiger partial charge in [0.25, 0.3) is 0 Å². The number of benzene rings is 1. The average molecular weight is 274 g/mol. The van der Waals surface area contributed by atoms with Crippen LogP contribution in [-0.4, -0.2) is 12.6 Å². The maximum absolute atomic E-state index is 11.9. The molecule has 2 amide bonds. The summed E-state index contributed by atoms with van der Waals surface area (Å²) in [5, 5.41) is 5.90. The Morgan fingerprint density at radius 1 is 1.35 bits per heavy atom. The van der Waals surface area contributed by atoms with Crippen LogP contribution in [0.4, 0.5) is 4.79 Å². The first kappa shape index (κ1) is 16.3. The number of urea groups is 1. The Labute approximate surface area is 122 Å². The van der Waals surface area contributed by atoms with Gasteiger partial charge in [0.15, 0.2) is 0 Å². The molecule has 0 aliphatic carbocycles. The summed E-state index contributed by atoms with van der Waals surface area (Å²) in [5.41, 5.74) is 2.78. The van der Waals surface area contributed by atoms with Crippen LogP contribution in [0.25, 0.3) is 5.57 Å². The summed E-state index contributed by atoms with van der Waals surface area (Å²) in [6, 6.07) is 8.01. The lowest BCUT2D eigenvalue weighted by atomic mass is 9.92. The summed E-state index contributed by atoms with van der Waals surface area (Å²) in [5.74, 6) is 0. The molecule has 2 N–H and O–H groups in total. The van der Waals surface area contributed by atoms with E-state index >= 15 is 0 Å². The van der Waals surface area contributed by atoms with Gasteiger partial charge in [-0.05, 0) is 44.4 Å². The van der Waals surface area contributed by atoms with E-state index in [0.717, 1.165) is 29.5 Å². The molecule has 0 radical (unpaired) electrons. The van der Waals surface area contributed by atoms with Crippen molar-refractivity contribution in [1.29, 1.82) is 0 Å². The van der Waals surface area contributed by atoms with Crippen molar-refractivity contribution in [1.82, 2.24) is 10.6 Å². The van der Waals surface area contributed by atoms with Gasteiger partial charge in [0.05, 0.1) is 5.54 Å². The summed E-state index contributed by atoms with van der Waals surface area (Å²) in [6.45, 7) is 12.8. The highest BCUT2D eigenvalue weighted by Crippen LogP contribution is 2.23. The maximum Gasteiger partial charge on any atom is 0.315 e. The highest BCUT2D eigenvalue weighted by Gasteiger charge is 2.22. The summed E-state index contributed by atoms with van der Waals surface area (Å²) in [4.78, 5) is 11.9. The van der Waals surface area contributed by atoms with E-state index in [2.05, 4.69) is 30.2 Å². The molecule has 0 heterocycles. The number of hydrogen-bond donors (Lipinski definition) is 2. The largest absolute Gasteiger partial charge is 0.338 e. The lowest BCUT2D eigenvalue weighted by Gasteiger charge is -2.27. The van der Waals surface area contributed by atoms with Crippen molar-refractivity contribution in [2.75, 3.05) is 6.54 Å². The molecule has 0 bridgehead atoms. The number of amides is 2. The van der Waals surface area contributed by atoms with Crippen LogP contribution >= 0.6 is 0 Å². The zero-order valence-corrected chi connectivity index (χ0v) is 13.0. The predicted octanol–water partition coefficient (Wildman–Crippen LogP) is 4.05. The standard InChI is InChI=1S/C17H26N2O/c1-6-7-11-18-16(20)19-17(4,5)15-10-8-9-14(12-15)13(2)3/h8-10,12H,2,6-7,11H2,1,3-5H3,(H2,18,19,20). The molecular formula is C17H26N2O. The van der Waals surface area contributed by atoms with Crippen LogP contribution in [0.2, 0.25) is 0 Å². The van der Waals surface area contributed by atoms with Gasteiger partial charge in [0.1, 0.15) is 0 Å². The third-order valence-electron chi connectivity index (χ3n) is 3.32. The predicted molar refractivity (Wildman–Crippen MR) is 85.6 cm³/mol. The van der Waals surface area contributed by atoms with Crippen LogP contribution in [0.1, 0.15) is 51.7 Å². The lowest BCUT2D eigenvalue weighted by molar-refractivity contribution is 0.230. The van der Waals surface area contributed by atoms with Crippen LogP contribution in [0, 0.1) is 0 Å². The summed E-state index contributed by atoms with van der Waals surface area (Å²) >= 11 is 0. The Kier molecular flexibility index (Phi) is 5.81. The molecule has 0 fully saturated rings. The number of nitrogens with one attached hydrogen (secondary N) is 2. The van der Waals surface area contributed by atoms with Gasteiger partial charge >= 0.3 is 6.03 Å². The third-order valence-corrected chi connectivity index (χ3v) is 3.32. The van der Waals surface area contributed by atoms with Gasteiger partial charge in [-0.1, -0.05) is 43.7 Å². The van der Waals surface area contributed by atoms with Crippen molar-refractivity contribution >= 4 is 11.6 Å². The van der Waals surface area contributed by atoms with Crippen molar-refractivity contribution in [2.24, 2.45) is 0 Å². The van der Waals surface area contributed by atoms with Crippen molar-refractivity contribution in [3.8, 4) is 0 Å². The van der Waals surface area contributed by atoms with Crippen molar-refractivity contribution < 1.29 is 4.79 Å². The monoisotopic (exact) mass is 274 g/mol. The molecule has 0 atom stereocenters. The quantitative estimate of drug-likeness (QED) is 0.755. The van der Waals surface area contributed by atoms with E-state index in [0.29, 0.717) is 6.54 Å². The Balaban J connectivity index is 2.75. The first-order chi connectivity index (χ1) is 9.36. The summed E-state index contributed by atoms with van der Waals surface area (Å²) < 4.78 is 0. The van der Waals surface area contributed by atoms with Crippen LogP contribution in [0.15, 0.2) is 30.8 Å². The number of hydrogen-bond acceptors (Lipinski definition) is 1. The molecule has 0 saturated carbocycles.